The van der Waals surface area contributed by atoms with Gasteiger partial charge in [0.25, 0.3) is 0 Å². The molecule has 0 unspecified atom stereocenters. The molecule has 0 bridgehead atoms. The lowest BCUT2D eigenvalue weighted by Crippen LogP contribution is -2.45. The van der Waals surface area contributed by atoms with Crippen molar-refractivity contribution in [3.05, 3.63) is 0 Å². The Kier molecular flexibility index (Phi) is 2.26. The van der Waals surface area contributed by atoms with E-state index in [9.17, 15) is 4.79 Å². The fourth-order valence-electron chi connectivity index (χ4n) is 2.24. The van der Waals surface area contributed by atoms with Gasteiger partial charge in [-0.1, -0.05) is 6.42 Å². The number of rotatable bonds is 1. The SMILES string of the molecule is O=C(O)[C@@H]1CCCCC12OCCO2. The summed E-state index contributed by atoms with van der Waals surface area (Å²) in [4.78, 5) is 11.0. The summed E-state index contributed by atoms with van der Waals surface area (Å²) < 4.78 is 10.9. The maximum atomic E-state index is 11.0. The zero-order chi connectivity index (χ0) is 9.31. The molecule has 1 saturated heterocycles. The molecule has 0 amide bonds. The highest BCUT2D eigenvalue weighted by atomic mass is 16.7. The zero-order valence-corrected chi connectivity index (χ0v) is 7.49. The van der Waals surface area contributed by atoms with E-state index in [1.54, 1.807) is 0 Å². The van der Waals surface area contributed by atoms with Crippen LogP contribution in [0.3, 0.4) is 0 Å². The molecule has 2 aliphatic rings. The standard InChI is InChI=1S/C9H14O4/c10-8(11)7-3-1-2-4-9(7)12-5-6-13-9/h7H,1-6H2,(H,10,11)/t7-/m0/s1. The second-order valence-electron chi connectivity index (χ2n) is 3.65. The maximum Gasteiger partial charge on any atom is 0.311 e. The highest BCUT2D eigenvalue weighted by molar-refractivity contribution is 5.71. The summed E-state index contributed by atoms with van der Waals surface area (Å²) in [6, 6.07) is 0. The number of ether oxygens (including phenoxy) is 2. The zero-order valence-electron chi connectivity index (χ0n) is 7.49. The number of hydrogen-bond donors (Lipinski definition) is 1. The summed E-state index contributed by atoms with van der Waals surface area (Å²) in [6.07, 6.45) is 3.37. The second-order valence-corrected chi connectivity index (χ2v) is 3.65. The summed E-state index contributed by atoms with van der Waals surface area (Å²) in [6.45, 7) is 1.06. The van der Waals surface area contributed by atoms with Crippen LogP contribution < -0.4 is 0 Å². The van der Waals surface area contributed by atoms with Crippen LogP contribution in [-0.4, -0.2) is 30.1 Å². The summed E-state index contributed by atoms with van der Waals surface area (Å²) in [5.41, 5.74) is 0. The molecule has 0 aromatic rings. The summed E-state index contributed by atoms with van der Waals surface area (Å²) in [7, 11) is 0. The van der Waals surface area contributed by atoms with Crippen LogP contribution in [0.2, 0.25) is 0 Å². The van der Waals surface area contributed by atoms with Crippen LogP contribution >= 0.6 is 0 Å². The van der Waals surface area contributed by atoms with Gasteiger partial charge in [-0.25, -0.2) is 0 Å². The molecule has 4 nitrogen and oxygen atoms in total. The second kappa shape index (κ2) is 3.27. The van der Waals surface area contributed by atoms with Crippen molar-refractivity contribution in [2.45, 2.75) is 31.5 Å². The van der Waals surface area contributed by atoms with Gasteiger partial charge in [-0.05, 0) is 12.8 Å². The van der Waals surface area contributed by atoms with E-state index < -0.39 is 17.7 Å². The van der Waals surface area contributed by atoms with Crippen molar-refractivity contribution >= 4 is 5.97 Å². The molecule has 0 radical (unpaired) electrons. The first-order valence-corrected chi connectivity index (χ1v) is 4.75. The molecule has 1 atom stereocenters. The van der Waals surface area contributed by atoms with Crippen molar-refractivity contribution in [1.29, 1.82) is 0 Å². The molecular weight excluding hydrogens is 172 g/mol. The summed E-state index contributed by atoms with van der Waals surface area (Å²) in [5.74, 6) is -2.05. The smallest absolute Gasteiger partial charge is 0.311 e. The average molecular weight is 186 g/mol. The first-order chi connectivity index (χ1) is 6.25. The van der Waals surface area contributed by atoms with E-state index in [4.69, 9.17) is 14.6 Å². The van der Waals surface area contributed by atoms with E-state index in [2.05, 4.69) is 0 Å². The van der Waals surface area contributed by atoms with Gasteiger partial charge >= 0.3 is 5.97 Å². The van der Waals surface area contributed by atoms with E-state index >= 15 is 0 Å². The van der Waals surface area contributed by atoms with Gasteiger partial charge in [0.15, 0.2) is 5.79 Å². The van der Waals surface area contributed by atoms with Crippen molar-refractivity contribution in [3.8, 4) is 0 Å². The Hall–Kier alpha value is -0.610. The van der Waals surface area contributed by atoms with Crippen LogP contribution in [-0.2, 0) is 14.3 Å². The predicted octanol–water partition coefficient (Wildman–Crippen LogP) is 1.00. The predicted molar refractivity (Wildman–Crippen MR) is 44.2 cm³/mol. The Bertz CT molecular complexity index is 208. The lowest BCUT2D eigenvalue weighted by Gasteiger charge is -2.36. The minimum atomic E-state index is -0.790. The fourth-order valence-corrected chi connectivity index (χ4v) is 2.24. The van der Waals surface area contributed by atoms with Crippen molar-refractivity contribution in [3.63, 3.8) is 0 Å². The third-order valence-corrected chi connectivity index (χ3v) is 2.87. The topological polar surface area (TPSA) is 55.8 Å². The van der Waals surface area contributed by atoms with Crippen LogP contribution in [0.25, 0.3) is 0 Å². The van der Waals surface area contributed by atoms with Gasteiger partial charge in [0.1, 0.15) is 5.92 Å². The lowest BCUT2D eigenvalue weighted by atomic mass is 9.83. The molecule has 1 aliphatic heterocycles. The highest BCUT2D eigenvalue weighted by Crippen LogP contribution is 2.40. The van der Waals surface area contributed by atoms with Gasteiger partial charge < -0.3 is 14.6 Å². The molecule has 2 rings (SSSR count). The van der Waals surface area contributed by atoms with Crippen LogP contribution in [0.4, 0.5) is 0 Å². The van der Waals surface area contributed by atoms with Gasteiger partial charge in [0.2, 0.25) is 0 Å². The van der Waals surface area contributed by atoms with E-state index in [0.717, 1.165) is 19.3 Å². The quantitative estimate of drug-likeness (QED) is 0.663. The third kappa shape index (κ3) is 1.44. The number of hydrogen-bond acceptors (Lipinski definition) is 3. The minimum absolute atomic E-state index is 0.469. The van der Waals surface area contributed by atoms with Gasteiger partial charge in [-0.3, -0.25) is 4.79 Å². The van der Waals surface area contributed by atoms with Crippen molar-refractivity contribution < 1.29 is 19.4 Å². The largest absolute Gasteiger partial charge is 0.481 e. The third-order valence-electron chi connectivity index (χ3n) is 2.87. The van der Waals surface area contributed by atoms with Crippen LogP contribution in [0.15, 0.2) is 0 Å². The maximum absolute atomic E-state index is 11.0. The number of carboxylic acids is 1. The van der Waals surface area contributed by atoms with E-state index in [-0.39, 0.29) is 0 Å². The number of carbonyl (C=O) groups is 1. The van der Waals surface area contributed by atoms with Crippen molar-refractivity contribution in [1.82, 2.24) is 0 Å². The Labute approximate surface area is 76.8 Å². The van der Waals surface area contributed by atoms with E-state index in [1.165, 1.54) is 0 Å². The van der Waals surface area contributed by atoms with E-state index in [0.29, 0.717) is 19.6 Å². The number of carboxylic acid groups (broad SMARTS) is 1. The fraction of sp³-hybridized carbons (Fsp3) is 0.889. The van der Waals surface area contributed by atoms with Gasteiger partial charge in [0.05, 0.1) is 13.2 Å². The first kappa shape index (κ1) is 8.97. The average Bonchev–Trinajstić information content (AvgIpc) is 2.54. The van der Waals surface area contributed by atoms with Crippen LogP contribution in [0.1, 0.15) is 25.7 Å². The molecule has 1 aliphatic carbocycles. The van der Waals surface area contributed by atoms with E-state index in [1.807, 2.05) is 0 Å². The first-order valence-electron chi connectivity index (χ1n) is 4.75. The molecule has 1 spiro atoms. The molecule has 1 N–H and O–H groups in total. The summed E-state index contributed by atoms with van der Waals surface area (Å²) in [5, 5.41) is 9.00. The molecule has 1 heterocycles. The molecule has 74 valence electrons. The molecule has 1 saturated carbocycles. The minimum Gasteiger partial charge on any atom is -0.481 e. The Morgan fingerprint density at radius 1 is 1.31 bits per heavy atom. The highest BCUT2D eigenvalue weighted by Gasteiger charge is 2.49. The Morgan fingerprint density at radius 3 is 2.62 bits per heavy atom. The molecule has 0 aromatic carbocycles. The normalized spacial score (nSPS) is 32.2. The molecular formula is C9H14O4. The van der Waals surface area contributed by atoms with Crippen LogP contribution in [0, 0.1) is 5.92 Å². The van der Waals surface area contributed by atoms with Gasteiger partial charge in [-0.2, -0.15) is 0 Å². The Balaban J connectivity index is 2.16. The van der Waals surface area contributed by atoms with Crippen molar-refractivity contribution in [2.75, 3.05) is 13.2 Å². The molecule has 0 aromatic heterocycles. The number of aliphatic carboxylic acids is 1. The monoisotopic (exact) mass is 186 g/mol. The Morgan fingerprint density at radius 2 is 2.00 bits per heavy atom. The molecule has 13 heavy (non-hydrogen) atoms. The molecule has 4 heteroatoms. The summed E-state index contributed by atoms with van der Waals surface area (Å²) >= 11 is 0. The van der Waals surface area contributed by atoms with Crippen LogP contribution in [0.5, 0.6) is 0 Å². The van der Waals surface area contributed by atoms with Gasteiger partial charge in [0, 0.05) is 6.42 Å². The lowest BCUT2D eigenvalue weighted by molar-refractivity contribution is -0.219. The van der Waals surface area contributed by atoms with Gasteiger partial charge in [-0.15, -0.1) is 0 Å². The van der Waals surface area contributed by atoms with Crippen molar-refractivity contribution in [2.24, 2.45) is 5.92 Å². The molecule has 2 fully saturated rings.